The summed E-state index contributed by atoms with van der Waals surface area (Å²) < 4.78 is 33.3. The molecule has 0 spiro atoms. The highest BCUT2D eigenvalue weighted by atomic mass is 32.2. The zero-order valence-corrected chi connectivity index (χ0v) is 17.3. The molecule has 0 radical (unpaired) electrons. The summed E-state index contributed by atoms with van der Waals surface area (Å²) in [5.41, 5.74) is 1.81. The molecular weight excluding hydrogens is 404 g/mol. The molecule has 1 aliphatic rings. The van der Waals surface area contributed by atoms with Crippen molar-refractivity contribution in [1.82, 2.24) is 19.8 Å². The molecule has 3 heterocycles. The van der Waals surface area contributed by atoms with Crippen LogP contribution in [-0.4, -0.2) is 49.1 Å². The number of sulfonamides is 1. The number of aromatic nitrogens is 2. The summed E-state index contributed by atoms with van der Waals surface area (Å²) in [7, 11) is -3.80. The second kappa shape index (κ2) is 8.85. The summed E-state index contributed by atoms with van der Waals surface area (Å²) in [6.07, 6.45) is 5.12. The van der Waals surface area contributed by atoms with E-state index in [0.29, 0.717) is 30.8 Å². The molecule has 0 saturated carbocycles. The summed E-state index contributed by atoms with van der Waals surface area (Å²) in [5, 5.41) is 6.54. The van der Waals surface area contributed by atoms with E-state index < -0.39 is 10.0 Å². The minimum atomic E-state index is -3.80. The third kappa shape index (κ3) is 4.47. The third-order valence-electron chi connectivity index (χ3n) is 5.15. The lowest BCUT2D eigenvalue weighted by molar-refractivity contribution is 0.0725. The molecule has 1 fully saturated rings. The van der Waals surface area contributed by atoms with Gasteiger partial charge in [0.05, 0.1) is 11.8 Å². The molecular formula is C21H24N4O4S. The number of benzene rings is 1. The van der Waals surface area contributed by atoms with Crippen LogP contribution >= 0.6 is 0 Å². The van der Waals surface area contributed by atoms with E-state index in [4.69, 9.17) is 4.42 Å². The number of carbonyl (C=O) groups excluding carboxylic acids is 1. The molecule has 8 nitrogen and oxygen atoms in total. The van der Waals surface area contributed by atoms with Gasteiger partial charge in [0.1, 0.15) is 5.69 Å². The van der Waals surface area contributed by atoms with Gasteiger partial charge in [0.25, 0.3) is 15.9 Å². The zero-order chi connectivity index (χ0) is 21.0. The minimum absolute atomic E-state index is 0.125. The van der Waals surface area contributed by atoms with E-state index in [2.05, 4.69) is 14.9 Å². The first-order chi connectivity index (χ1) is 14.5. The first-order valence-electron chi connectivity index (χ1n) is 10.0. The topological polar surface area (TPSA) is 108 Å². The highest BCUT2D eigenvalue weighted by Crippen LogP contribution is 2.27. The van der Waals surface area contributed by atoms with E-state index in [9.17, 15) is 13.2 Å². The second-order valence-corrected chi connectivity index (χ2v) is 8.96. The van der Waals surface area contributed by atoms with Crippen LogP contribution in [0.3, 0.4) is 0 Å². The maximum Gasteiger partial charge on any atom is 0.273 e. The quantitative estimate of drug-likeness (QED) is 0.602. The number of amides is 1. The monoisotopic (exact) mass is 428 g/mol. The predicted molar refractivity (Wildman–Crippen MR) is 111 cm³/mol. The van der Waals surface area contributed by atoms with Crippen LogP contribution in [0, 0.1) is 0 Å². The van der Waals surface area contributed by atoms with Gasteiger partial charge in [-0.05, 0) is 43.4 Å². The fourth-order valence-corrected chi connectivity index (χ4v) is 4.51. The Morgan fingerprint density at radius 2 is 1.87 bits per heavy atom. The molecule has 0 aliphatic carbocycles. The molecule has 4 rings (SSSR count). The van der Waals surface area contributed by atoms with Crippen LogP contribution in [0.25, 0.3) is 11.5 Å². The van der Waals surface area contributed by atoms with Crippen LogP contribution in [-0.2, 0) is 16.4 Å². The predicted octanol–water partition coefficient (Wildman–Crippen LogP) is 2.82. The number of nitrogens with one attached hydrogen (secondary N) is 2. The highest BCUT2D eigenvalue weighted by Gasteiger charge is 2.25. The van der Waals surface area contributed by atoms with E-state index >= 15 is 0 Å². The number of rotatable bonds is 7. The van der Waals surface area contributed by atoms with Crippen molar-refractivity contribution < 1.29 is 17.6 Å². The van der Waals surface area contributed by atoms with Crippen molar-refractivity contribution in [2.75, 3.05) is 19.6 Å². The van der Waals surface area contributed by atoms with Crippen LogP contribution in [0.15, 0.2) is 58.2 Å². The first kappa shape index (κ1) is 20.4. The number of hydrogen-bond acceptors (Lipinski definition) is 5. The summed E-state index contributed by atoms with van der Waals surface area (Å²) in [5.74, 6) is 0.136. The van der Waals surface area contributed by atoms with Gasteiger partial charge in [0, 0.05) is 19.6 Å². The van der Waals surface area contributed by atoms with E-state index in [0.717, 1.165) is 24.8 Å². The maximum absolute atomic E-state index is 12.8. The maximum atomic E-state index is 12.8. The summed E-state index contributed by atoms with van der Waals surface area (Å²) in [6.45, 7) is 1.68. The Labute approximate surface area is 175 Å². The molecule has 2 N–H and O–H groups in total. The first-order valence-corrected chi connectivity index (χ1v) is 11.5. The van der Waals surface area contributed by atoms with Crippen LogP contribution in [0.2, 0.25) is 0 Å². The highest BCUT2D eigenvalue weighted by molar-refractivity contribution is 7.89. The molecule has 0 unspecified atom stereocenters. The number of H-pyrrole nitrogens is 1. The number of hydrogen-bond donors (Lipinski definition) is 2. The fourth-order valence-electron chi connectivity index (χ4n) is 3.55. The standard InChI is InChI=1S/C21H24N4O4S/c26-21(25-13-5-2-6-14-25)17-15-22-24-20(17)18-9-10-19(29-18)30(27,28)23-12-11-16-7-3-1-4-8-16/h1,3-4,7-10,15,23H,2,5-6,11-14H2,(H,22,24). The SMILES string of the molecule is O=C(c1cn[nH]c1-c1ccc(S(=O)(=O)NCCc2ccccc2)o1)N1CCCCC1. The van der Waals surface area contributed by atoms with E-state index in [1.54, 1.807) is 4.90 Å². The van der Waals surface area contributed by atoms with Gasteiger partial charge in [0.15, 0.2) is 5.76 Å². The number of likely N-dealkylation sites (tertiary alicyclic amines) is 1. The molecule has 1 aliphatic heterocycles. The molecule has 9 heteroatoms. The number of aromatic amines is 1. The fraction of sp³-hybridized carbons (Fsp3) is 0.333. The van der Waals surface area contributed by atoms with Crippen molar-refractivity contribution >= 4 is 15.9 Å². The van der Waals surface area contributed by atoms with Crippen LogP contribution < -0.4 is 4.72 Å². The van der Waals surface area contributed by atoms with Crippen LogP contribution in [0.4, 0.5) is 0 Å². The van der Waals surface area contributed by atoms with Crippen molar-refractivity contribution in [3.8, 4) is 11.5 Å². The van der Waals surface area contributed by atoms with E-state index in [1.807, 2.05) is 30.3 Å². The van der Waals surface area contributed by atoms with Crippen LogP contribution in [0.1, 0.15) is 35.2 Å². The Morgan fingerprint density at radius 3 is 2.63 bits per heavy atom. The van der Waals surface area contributed by atoms with Gasteiger partial charge in [-0.25, -0.2) is 13.1 Å². The lowest BCUT2D eigenvalue weighted by atomic mass is 10.1. The summed E-state index contributed by atoms with van der Waals surface area (Å²) >= 11 is 0. The molecule has 1 aromatic carbocycles. The largest absolute Gasteiger partial charge is 0.442 e. The molecule has 1 saturated heterocycles. The van der Waals surface area contributed by atoms with Crippen molar-refractivity contribution in [2.24, 2.45) is 0 Å². The van der Waals surface area contributed by atoms with Crippen LogP contribution in [0.5, 0.6) is 0 Å². The number of nitrogens with zero attached hydrogens (tertiary/aromatic N) is 2. The van der Waals surface area contributed by atoms with Gasteiger partial charge in [0.2, 0.25) is 5.09 Å². The van der Waals surface area contributed by atoms with Gasteiger partial charge < -0.3 is 9.32 Å². The van der Waals surface area contributed by atoms with Crippen molar-refractivity contribution in [3.63, 3.8) is 0 Å². The Morgan fingerprint density at radius 1 is 1.10 bits per heavy atom. The van der Waals surface area contributed by atoms with Crippen molar-refractivity contribution in [2.45, 2.75) is 30.8 Å². The normalized spacial score (nSPS) is 14.7. The minimum Gasteiger partial charge on any atom is -0.442 e. The Kier molecular flexibility index (Phi) is 6.01. The van der Waals surface area contributed by atoms with Gasteiger partial charge in [-0.1, -0.05) is 30.3 Å². The lowest BCUT2D eigenvalue weighted by Gasteiger charge is -2.26. The smallest absolute Gasteiger partial charge is 0.273 e. The number of furan rings is 1. The van der Waals surface area contributed by atoms with E-state index in [-0.39, 0.29) is 23.3 Å². The molecule has 158 valence electrons. The third-order valence-corrected chi connectivity index (χ3v) is 6.49. The van der Waals surface area contributed by atoms with Gasteiger partial charge in [-0.3, -0.25) is 9.89 Å². The molecule has 0 bridgehead atoms. The Hall–Kier alpha value is -2.91. The average Bonchev–Trinajstić information content (AvgIpc) is 3.44. The summed E-state index contributed by atoms with van der Waals surface area (Å²) in [6, 6.07) is 12.5. The zero-order valence-electron chi connectivity index (χ0n) is 16.5. The molecule has 3 aromatic rings. The number of carbonyl (C=O) groups is 1. The lowest BCUT2D eigenvalue weighted by Crippen LogP contribution is -2.35. The Balaban J connectivity index is 1.46. The summed E-state index contributed by atoms with van der Waals surface area (Å²) in [4.78, 5) is 14.6. The number of piperidine rings is 1. The average molecular weight is 429 g/mol. The Bertz CT molecular complexity index is 1100. The second-order valence-electron chi connectivity index (χ2n) is 7.26. The van der Waals surface area contributed by atoms with Crippen molar-refractivity contribution in [1.29, 1.82) is 0 Å². The molecule has 30 heavy (non-hydrogen) atoms. The molecule has 2 aromatic heterocycles. The molecule has 1 amide bonds. The van der Waals surface area contributed by atoms with Crippen molar-refractivity contribution in [3.05, 3.63) is 59.8 Å². The molecule has 0 atom stereocenters. The van der Waals surface area contributed by atoms with Gasteiger partial charge >= 0.3 is 0 Å². The van der Waals surface area contributed by atoms with Gasteiger partial charge in [-0.2, -0.15) is 5.10 Å². The van der Waals surface area contributed by atoms with E-state index in [1.165, 1.54) is 18.3 Å². The van der Waals surface area contributed by atoms with Gasteiger partial charge in [-0.15, -0.1) is 0 Å².